The first kappa shape index (κ1) is 20.8. The first-order chi connectivity index (χ1) is 14.1. The number of amides is 2. The van der Waals surface area contributed by atoms with E-state index in [4.69, 9.17) is 0 Å². The SMILES string of the molecule is CNC(=O)c1cn(CCCc2ccccc2)cc(C(=O)N2CCCCCC2)c1=O. The Bertz CT molecular complexity index is 897. The Morgan fingerprint density at radius 1 is 0.966 bits per heavy atom. The average molecular weight is 396 g/mol. The van der Waals surface area contributed by atoms with Gasteiger partial charge in [0, 0.05) is 39.1 Å². The van der Waals surface area contributed by atoms with Crippen molar-refractivity contribution in [1.82, 2.24) is 14.8 Å². The molecule has 1 aromatic carbocycles. The van der Waals surface area contributed by atoms with Gasteiger partial charge in [-0.2, -0.15) is 0 Å². The summed E-state index contributed by atoms with van der Waals surface area (Å²) in [5.41, 5.74) is 0.861. The Morgan fingerprint density at radius 3 is 2.28 bits per heavy atom. The molecule has 1 fully saturated rings. The van der Waals surface area contributed by atoms with Crippen LogP contribution in [0, 0.1) is 0 Å². The second-order valence-electron chi connectivity index (χ2n) is 7.53. The molecule has 0 atom stereocenters. The molecule has 0 aliphatic carbocycles. The molecule has 2 amide bonds. The summed E-state index contributed by atoms with van der Waals surface area (Å²) in [5, 5.41) is 2.51. The highest BCUT2D eigenvalue weighted by Crippen LogP contribution is 2.13. The van der Waals surface area contributed by atoms with E-state index in [1.807, 2.05) is 18.2 Å². The van der Waals surface area contributed by atoms with E-state index >= 15 is 0 Å². The summed E-state index contributed by atoms with van der Waals surface area (Å²) in [5.74, 6) is -0.725. The number of nitrogens with zero attached hydrogens (tertiary/aromatic N) is 2. The number of carbonyl (C=O) groups is 2. The Kier molecular flexibility index (Phi) is 7.22. The topological polar surface area (TPSA) is 71.4 Å². The van der Waals surface area contributed by atoms with Crippen LogP contribution >= 0.6 is 0 Å². The van der Waals surface area contributed by atoms with E-state index in [2.05, 4.69) is 17.4 Å². The van der Waals surface area contributed by atoms with E-state index in [0.29, 0.717) is 19.6 Å². The molecule has 0 bridgehead atoms. The van der Waals surface area contributed by atoms with E-state index in [9.17, 15) is 14.4 Å². The number of aromatic nitrogens is 1. The molecule has 0 spiro atoms. The first-order valence-corrected chi connectivity index (χ1v) is 10.4. The van der Waals surface area contributed by atoms with Gasteiger partial charge in [-0.15, -0.1) is 0 Å². The van der Waals surface area contributed by atoms with Crippen LogP contribution in [0.5, 0.6) is 0 Å². The predicted molar refractivity (Wildman–Crippen MR) is 113 cm³/mol. The van der Waals surface area contributed by atoms with Crippen LogP contribution in [0.15, 0.2) is 47.5 Å². The molecule has 1 aliphatic heterocycles. The van der Waals surface area contributed by atoms with E-state index in [1.165, 1.54) is 12.6 Å². The molecule has 1 N–H and O–H groups in total. The number of pyridine rings is 1. The van der Waals surface area contributed by atoms with Crippen molar-refractivity contribution in [2.75, 3.05) is 20.1 Å². The van der Waals surface area contributed by atoms with Crippen LogP contribution in [0.1, 0.15) is 58.4 Å². The van der Waals surface area contributed by atoms with Crippen LogP contribution in [-0.4, -0.2) is 41.4 Å². The molecular weight excluding hydrogens is 366 g/mol. The molecule has 1 aromatic heterocycles. The van der Waals surface area contributed by atoms with Crippen LogP contribution in [0.2, 0.25) is 0 Å². The Labute approximate surface area is 171 Å². The summed E-state index contributed by atoms with van der Waals surface area (Å²) < 4.78 is 1.81. The van der Waals surface area contributed by atoms with Crippen LogP contribution in [0.25, 0.3) is 0 Å². The number of likely N-dealkylation sites (tertiary alicyclic amines) is 1. The Balaban J connectivity index is 1.84. The fourth-order valence-corrected chi connectivity index (χ4v) is 3.76. The highest BCUT2D eigenvalue weighted by molar-refractivity contribution is 5.99. The van der Waals surface area contributed by atoms with Crippen molar-refractivity contribution < 1.29 is 9.59 Å². The molecule has 1 aliphatic rings. The second kappa shape index (κ2) is 10.0. The highest BCUT2D eigenvalue weighted by atomic mass is 16.2. The Morgan fingerprint density at radius 2 is 1.62 bits per heavy atom. The first-order valence-electron chi connectivity index (χ1n) is 10.4. The van der Waals surface area contributed by atoms with Crippen molar-refractivity contribution in [2.45, 2.75) is 45.1 Å². The molecule has 0 unspecified atom stereocenters. The van der Waals surface area contributed by atoms with Crippen molar-refractivity contribution in [3.63, 3.8) is 0 Å². The van der Waals surface area contributed by atoms with Gasteiger partial charge in [0.2, 0.25) is 5.43 Å². The molecule has 0 radical (unpaired) electrons. The van der Waals surface area contributed by atoms with Gasteiger partial charge in [0.1, 0.15) is 11.1 Å². The number of rotatable bonds is 6. The van der Waals surface area contributed by atoms with Gasteiger partial charge in [0.25, 0.3) is 11.8 Å². The molecule has 2 aromatic rings. The number of hydrogen-bond donors (Lipinski definition) is 1. The minimum atomic E-state index is -0.488. The van der Waals surface area contributed by atoms with E-state index in [-0.39, 0.29) is 17.0 Å². The molecule has 6 nitrogen and oxygen atoms in total. The average Bonchev–Trinajstić information content (AvgIpc) is 3.04. The summed E-state index contributed by atoms with van der Waals surface area (Å²) in [6.45, 7) is 1.95. The fourth-order valence-electron chi connectivity index (χ4n) is 3.76. The van der Waals surface area contributed by atoms with Crippen LogP contribution in [0.4, 0.5) is 0 Å². The predicted octanol–water partition coefficient (Wildman–Crippen LogP) is 2.86. The van der Waals surface area contributed by atoms with Crippen LogP contribution in [-0.2, 0) is 13.0 Å². The van der Waals surface area contributed by atoms with Crippen molar-refractivity contribution in [3.8, 4) is 0 Å². The van der Waals surface area contributed by atoms with Gasteiger partial charge in [0.05, 0.1) is 0 Å². The number of nitrogens with one attached hydrogen (secondary N) is 1. The maximum absolute atomic E-state index is 13.1. The smallest absolute Gasteiger partial charge is 0.259 e. The Hall–Kier alpha value is -2.89. The van der Waals surface area contributed by atoms with Crippen molar-refractivity contribution in [3.05, 3.63) is 69.6 Å². The normalized spacial score (nSPS) is 14.3. The fraction of sp³-hybridized carbons (Fsp3) is 0.435. The van der Waals surface area contributed by atoms with Gasteiger partial charge in [-0.05, 0) is 31.2 Å². The summed E-state index contributed by atoms with van der Waals surface area (Å²) in [6.07, 6.45) is 9.02. The molecule has 2 heterocycles. The third-order valence-electron chi connectivity index (χ3n) is 5.40. The maximum atomic E-state index is 13.1. The van der Waals surface area contributed by atoms with Crippen molar-refractivity contribution in [2.24, 2.45) is 0 Å². The lowest BCUT2D eigenvalue weighted by atomic mass is 10.1. The molecule has 3 rings (SSSR count). The highest BCUT2D eigenvalue weighted by Gasteiger charge is 2.23. The van der Waals surface area contributed by atoms with Gasteiger partial charge >= 0.3 is 0 Å². The van der Waals surface area contributed by atoms with E-state index in [0.717, 1.165) is 38.5 Å². The van der Waals surface area contributed by atoms with Gasteiger partial charge in [0.15, 0.2) is 0 Å². The largest absolute Gasteiger partial charge is 0.355 e. The number of benzene rings is 1. The standard InChI is InChI=1S/C23H29N3O3/c1-24-22(28)19-16-25(13-9-12-18-10-5-4-6-11-18)17-20(21(19)27)23(29)26-14-7-2-3-8-15-26/h4-6,10-11,16-17H,2-3,7-9,12-15H2,1H3,(H,24,28). The van der Waals surface area contributed by atoms with E-state index < -0.39 is 11.3 Å². The number of carbonyl (C=O) groups excluding carboxylic acids is 2. The second-order valence-corrected chi connectivity index (χ2v) is 7.53. The molecule has 29 heavy (non-hydrogen) atoms. The molecule has 0 saturated carbocycles. The van der Waals surface area contributed by atoms with Crippen molar-refractivity contribution in [1.29, 1.82) is 0 Å². The molecule has 154 valence electrons. The molecule has 1 saturated heterocycles. The maximum Gasteiger partial charge on any atom is 0.259 e. The molecular formula is C23H29N3O3. The number of aryl methyl sites for hydroxylation is 2. The number of hydrogen-bond acceptors (Lipinski definition) is 3. The van der Waals surface area contributed by atoms with Gasteiger partial charge in [-0.3, -0.25) is 14.4 Å². The summed E-state index contributed by atoms with van der Waals surface area (Å²) >= 11 is 0. The quantitative estimate of drug-likeness (QED) is 0.818. The van der Waals surface area contributed by atoms with Crippen LogP contribution in [0.3, 0.4) is 0 Å². The minimum Gasteiger partial charge on any atom is -0.355 e. The van der Waals surface area contributed by atoms with Gasteiger partial charge in [-0.1, -0.05) is 43.2 Å². The zero-order chi connectivity index (χ0) is 20.6. The minimum absolute atomic E-state index is 0.0212. The summed E-state index contributed by atoms with van der Waals surface area (Å²) in [7, 11) is 1.49. The third kappa shape index (κ3) is 5.34. The lowest BCUT2D eigenvalue weighted by Gasteiger charge is -2.21. The monoisotopic (exact) mass is 395 g/mol. The summed E-state index contributed by atoms with van der Waals surface area (Å²) in [6, 6.07) is 10.2. The zero-order valence-electron chi connectivity index (χ0n) is 17.0. The molecule has 6 heteroatoms. The van der Waals surface area contributed by atoms with Gasteiger partial charge < -0.3 is 14.8 Å². The zero-order valence-corrected chi connectivity index (χ0v) is 17.0. The van der Waals surface area contributed by atoms with Gasteiger partial charge in [-0.25, -0.2) is 0 Å². The van der Waals surface area contributed by atoms with E-state index in [1.54, 1.807) is 21.9 Å². The van der Waals surface area contributed by atoms with Crippen LogP contribution < -0.4 is 10.7 Å². The third-order valence-corrected chi connectivity index (χ3v) is 5.40. The summed E-state index contributed by atoms with van der Waals surface area (Å²) in [4.78, 5) is 39.9. The lowest BCUT2D eigenvalue weighted by Crippen LogP contribution is -2.38. The lowest BCUT2D eigenvalue weighted by molar-refractivity contribution is 0.0759. The van der Waals surface area contributed by atoms with Crippen molar-refractivity contribution >= 4 is 11.8 Å².